The highest BCUT2D eigenvalue weighted by Crippen LogP contribution is 2.10. The molecule has 0 bridgehead atoms. The molecule has 3 aromatic rings. The number of nitrogens with zero attached hydrogens (tertiary/aromatic N) is 5. The number of hydrogen-bond donors (Lipinski definition) is 0. The lowest BCUT2D eigenvalue weighted by Gasteiger charge is -2.05. The third-order valence-electron chi connectivity index (χ3n) is 3.45. The second-order valence-corrected chi connectivity index (χ2v) is 5.33. The number of aromatic nitrogens is 4. The first-order valence-corrected chi connectivity index (χ1v) is 7.10. The molecule has 0 saturated carbocycles. The van der Waals surface area contributed by atoms with Gasteiger partial charge >= 0.3 is 0 Å². The summed E-state index contributed by atoms with van der Waals surface area (Å²) in [5.74, 6) is 0. The molecule has 3 rings (SSSR count). The van der Waals surface area contributed by atoms with E-state index in [9.17, 15) is 4.79 Å². The highest BCUT2D eigenvalue weighted by atomic mass is 16.1. The average Bonchev–Trinajstić information content (AvgIpc) is 3.15. The Hall–Kier alpha value is -3.20. The molecular weight excluding hydrogens is 290 g/mol. The molecule has 0 fully saturated rings. The Labute approximate surface area is 133 Å². The van der Waals surface area contributed by atoms with Gasteiger partial charge in [-0.2, -0.15) is 15.5 Å². The fourth-order valence-corrected chi connectivity index (χ4v) is 2.34. The maximum atomic E-state index is 10.7. The molecule has 2 heterocycles. The molecule has 0 saturated heterocycles. The van der Waals surface area contributed by atoms with E-state index in [-0.39, 0.29) is 11.3 Å². The molecule has 1 radical (unpaired) electrons. The van der Waals surface area contributed by atoms with E-state index in [0.29, 0.717) is 6.54 Å². The maximum absolute atomic E-state index is 10.7. The fourth-order valence-electron chi connectivity index (χ4n) is 2.34. The van der Waals surface area contributed by atoms with E-state index >= 15 is 0 Å². The number of nitriles is 1. The van der Waals surface area contributed by atoms with Crippen LogP contribution in [0.3, 0.4) is 0 Å². The summed E-state index contributed by atoms with van der Waals surface area (Å²) >= 11 is 0. The van der Waals surface area contributed by atoms with Gasteiger partial charge in [0.05, 0.1) is 24.8 Å². The Bertz CT molecular complexity index is 867. The second-order valence-electron chi connectivity index (χ2n) is 5.33. The van der Waals surface area contributed by atoms with Crippen LogP contribution in [0.2, 0.25) is 0 Å². The first-order chi connectivity index (χ1) is 11.2. The Morgan fingerprint density at radius 2 is 1.74 bits per heavy atom. The van der Waals surface area contributed by atoms with Gasteiger partial charge in [-0.3, -0.25) is 14.2 Å². The van der Waals surface area contributed by atoms with Crippen molar-refractivity contribution in [3.8, 4) is 6.07 Å². The molecule has 0 aliphatic rings. The zero-order chi connectivity index (χ0) is 16.2. The van der Waals surface area contributed by atoms with Gasteiger partial charge < -0.3 is 0 Å². The van der Waals surface area contributed by atoms with Crippen LogP contribution in [0, 0.1) is 18.3 Å². The summed E-state index contributed by atoms with van der Waals surface area (Å²) < 4.78 is 3.47. The number of rotatable bonds is 5. The van der Waals surface area contributed by atoms with Crippen LogP contribution in [0.15, 0.2) is 42.9 Å². The minimum Gasteiger partial charge on any atom is -0.285 e. The van der Waals surface area contributed by atoms with E-state index in [1.165, 1.54) is 6.20 Å². The average molecular weight is 304 g/mol. The third kappa shape index (κ3) is 3.35. The number of carbonyl (C=O) groups excluding carboxylic acids is 1. The highest BCUT2D eigenvalue weighted by Gasteiger charge is 2.08. The van der Waals surface area contributed by atoms with Crippen LogP contribution in [0.5, 0.6) is 0 Å². The Morgan fingerprint density at radius 3 is 2.22 bits per heavy atom. The first-order valence-electron chi connectivity index (χ1n) is 7.10. The van der Waals surface area contributed by atoms with E-state index in [1.807, 2.05) is 54.3 Å². The van der Waals surface area contributed by atoms with Gasteiger partial charge in [0.1, 0.15) is 6.07 Å². The predicted molar refractivity (Wildman–Crippen MR) is 83.3 cm³/mol. The summed E-state index contributed by atoms with van der Waals surface area (Å²) in [6.45, 7) is 3.23. The van der Waals surface area contributed by atoms with Crippen molar-refractivity contribution in [2.75, 3.05) is 0 Å². The largest absolute Gasteiger partial charge is 0.285 e. The quantitative estimate of drug-likeness (QED) is 0.720. The molecule has 0 spiro atoms. The molecular formula is C17H14N5O. The summed E-state index contributed by atoms with van der Waals surface area (Å²) in [6.07, 6.45) is 7.09. The third-order valence-corrected chi connectivity index (χ3v) is 3.45. The highest BCUT2D eigenvalue weighted by molar-refractivity contribution is 5.78. The monoisotopic (exact) mass is 304 g/mol. The van der Waals surface area contributed by atoms with Gasteiger partial charge in [-0.15, -0.1) is 0 Å². The predicted octanol–water partition coefficient (Wildman–Crippen LogP) is 1.81. The van der Waals surface area contributed by atoms with E-state index < -0.39 is 0 Å². The number of benzene rings is 1. The molecule has 0 N–H and O–H groups in total. The zero-order valence-corrected chi connectivity index (χ0v) is 12.6. The zero-order valence-electron chi connectivity index (χ0n) is 12.6. The summed E-state index contributed by atoms with van der Waals surface area (Å²) in [6, 6.07) is 9.97. The van der Waals surface area contributed by atoms with Gasteiger partial charge in [0.2, 0.25) is 6.29 Å². The maximum Gasteiger partial charge on any atom is 0.238 e. The van der Waals surface area contributed by atoms with E-state index in [2.05, 4.69) is 10.2 Å². The van der Waals surface area contributed by atoms with E-state index in [0.717, 1.165) is 23.2 Å². The summed E-state index contributed by atoms with van der Waals surface area (Å²) in [5, 5.41) is 17.2. The van der Waals surface area contributed by atoms with Crippen molar-refractivity contribution in [1.29, 1.82) is 5.26 Å². The SMILES string of the molecule is Cc1cnn(Cc2ccc(Cn3cc([C]=O)c(C#N)n3)cc2)c1. The molecule has 0 amide bonds. The van der Waals surface area contributed by atoms with Gasteiger partial charge in [0, 0.05) is 12.4 Å². The van der Waals surface area contributed by atoms with Crippen LogP contribution in [-0.4, -0.2) is 25.8 Å². The fraction of sp³-hybridized carbons (Fsp3) is 0.176. The molecule has 6 heteroatoms. The van der Waals surface area contributed by atoms with Crippen molar-refractivity contribution in [2.45, 2.75) is 20.0 Å². The van der Waals surface area contributed by atoms with Gasteiger partial charge in [0.15, 0.2) is 5.69 Å². The lowest BCUT2D eigenvalue weighted by Crippen LogP contribution is -2.02. The van der Waals surface area contributed by atoms with E-state index in [1.54, 1.807) is 11.0 Å². The van der Waals surface area contributed by atoms with Crippen LogP contribution in [0.4, 0.5) is 0 Å². The standard InChI is InChI=1S/C17H14N5O/c1-13-7-19-21(8-13)9-14-2-4-15(5-3-14)10-22-11-16(12-23)17(6-18)20-22/h2-5,7-8,11H,9-10H2,1H3. The summed E-state index contributed by atoms with van der Waals surface area (Å²) in [7, 11) is 0. The topological polar surface area (TPSA) is 76.5 Å². The molecule has 2 aromatic heterocycles. The van der Waals surface area contributed by atoms with E-state index in [4.69, 9.17) is 5.26 Å². The number of hydrogen-bond acceptors (Lipinski definition) is 4. The Kier molecular flexibility index (Phi) is 4.02. The van der Waals surface area contributed by atoms with Crippen LogP contribution in [0.25, 0.3) is 0 Å². The lowest BCUT2D eigenvalue weighted by atomic mass is 10.1. The van der Waals surface area contributed by atoms with Gasteiger partial charge in [-0.05, 0) is 23.6 Å². The smallest absolute Gasteiger partial charge is 0.238 e. The molecule has 0 atom stereocenters. The lowest BCUT2D eigenvalue weighted by molar-refractivity contribution is 0.562. The van der Waals surface area contributed by atoms with Crippen LogP contribution in [0.1, 0.15) is 27.9 Å². The molecule has 0 aliphatic carbocycles. The molecule has 1 aromatic carbocycles. The van der Waals surface area contributed by atoms with Crippen molar-refractivity contribution in [1.82, 2.24) is 19.6 Å². The van der Waals surface area contributed by atoms with Crippen molar-refractivity contribution >= 4 is 6.29 Å². The minimum atomic E-state index is 0.102. The molecule has 23 heavy (non-hydrogen) atoms. The molecule has 0 aliphatic heterocycles. The number of aryl methyl sites for hydroxylation is 1. The van der Waals surface area contributed by atoms with Crippen molar-refractivity contribution in [3.05, 3.63) is 70.8 Å². The van der Waals surface area contributed by atoms with Gasteiger partial charge in [0.25, 0.3) is 0 Å². The minimum absolute atomic E-state index is 0.102. The molecule has 6 nitrogen and oxygen atoms in total. The van der Waals surface area contributed by atoms with Gasteiger partial charge in [-0.1, -0.05) is 24.3 Å². The van der Waals surface area contributed by atoms with Crippen LogP contribution < -0.4 is 0 Å². The van der Waals surface area contributed by atoms with Crippen LogP contribution >= 0.6 is 0 Å². The van der Waals surface area contributed by atoms with Crippen LogP contribution in [-0.2, 0) is 17.9 Å². The molecule has 0 unspecified atom stereocenters. The normalized spacial score (nSPS) is 10.4. The van der Waals surface area contributed by atoms with Crippen molar-refractivity contribution in [2.24, 2.45) is 0 Å². The second kappa shape index (κ2) is 6.28. The van der Waals surface area contributed by atoms with Crippen molar-refractivity contribution in [3.63, 3.8) is 0 Å². The summed E-state index contributed by atoms with van der Waals surface area (Å²) in [5.41, 5.74) is 3.62. The van der Waals surface area contributed by atoms with Gasteiger partial charge in [-0.25, -0.2) is 0 Å². The Balaban J connectivity index is 1.71. The van der Waals surface area contributed by atoms with Crippen molar-refractivity contribution < 1.29 is 4.79 Å². The molecule has 113 valence electrons. The Morgan fingerprint density at radius 1 is 1.09 bits per heavy atom. The summed E-state index contributed by atoms with van der Waals surface area (Å²) in [4.78, 5) is 10.7. The first kappa shape index (κ1) is 14.7.